The van der Waals surface area contributed by atoms with Gasteiger partial charge in [-0.15, -0.1) is 0 Å². The number of hydrogen-bond acceptors (Lipinski definition) is 24. The van der Waals surface area contributed by atoms with Crippen LogP contribution in [-0.4, -0.2) is 170 Å². The molecule has 0 radical (unpaired) electrons. The molecule has 0 saturated heterocycles. The molecule has 3 amide bonds. The second-order valence-corrected chi connectivity index (χ2v) is 17.7. The fraction of sp³-hybridized carbons (Fsp3) is 0.400. The standard InChI is InChI=1S/C30H44N10O7.C20H22N8O5/c1-40(19-21-18-35-27-25(36-21)26(32)38-30(33)39-27)22-6-4-20(5-7-22)28(42)37-23(29(43)44)8-9-24(41)34-11-3-13-46-15-17-47-16-14-45-12-2-10-31;1-28(9-11-8-23-17-15(24-11)16(21)26-20(22)27-17)12-4-2-10(3-5-12)18(31)25-13(19(32)33)6-7-14(29)30/h4-7,18,23H,2-3,8-17,19,31H2,1H3,(H,34,41)(H,37,42)(H,43,44)(H4,32,33,35,38,39);2-5,8,13H,6-7,9H2,1H3,(H,25,31)(H,29,30)(H,32,33)(H4,21,22,23,26,27). The molecule has 0 aliphatic carbocycles. The first-order valence-corrected chi connectivity index (χ1v) is 25.0. The fourth-order valence-electron chi connectivity index (χ4n) is 7.28. The van der Waals surface area contributed by atoms with Crippen LogP contribution in [0.2, 0.25) is 0 Å². The van der Waals surface area contributed by atoms with Gasteiger partial charge in [0.05, 0.1) is 63.3 Å². The summed E-state index contributed by atoms with van der Waals surface area (Å²) in [4.78, 5) is 108. The van der Waals surface area contributed by atoms with E-state index in [1.807, 2.05) is 23.9 Å². The molecule has 0 bridgehead atoms. The third kappa shape index (κ3) is 20.0. The highest BCUT2D eigenvalue weighted by Crippen LogP contribution is 2.21. The van der Waals surface area contributed by atoms with Crippen LogP contribution < -0.4 is 54.4 Å². The number of benzene rings is 2. The Balaban J connectivity index is 0.000000312. The predicted octanol–water partition coefficient (Wildman–Crippen LogP) is 0.357. The molecule has 2 atom stereocenters. The van der Waals surface area contributed by atoms with Crippen LogP contribution in [0.1, 0.15) is 70.6 Å². The molecule has 4 aromatic heterocycles. The van der Waals surface area contributed by atoms with E-state index in [0.29, 0.717) is 106 Å². The molecule has 0 spiro atoms. The summed E-state index contributed by atoms with van der Waals surface area (Å²) in [6.07, 6.45) is 3.82. The highest BCUT2D eigenvalue weighted by molar-refractivity contribution is 5.98. The van der Waals surface area contributed by atoms with Gasteiger partial charge in [-0.1, -0.05) is 0 Å². The number of amides is 3. The van der Waals surface area contributed by atoms with Crippen molar-refractivity contribution >= 4 is 92.9 Å². The number of carbonyl (C=O) groups is 6. The van der Waals surface area contributed by atoms with Crippen LogP contribution in [-0.2, 0) is 46.5 Å². The average molecular weight is 1110 g/mol. The third-order valence-electron chi connectivity index (χ3n) is 11.5. The zero-order valence-electron chi connectivity index (χ0n) is 44.1. The number of nitrogens with two attached hydrogens (primary N) is 5. The number of ether oxygens (including phenoxy) is 3. The highest BCUT2D eigenvalue weighted by Gasteiger charge is 2.24. The van der Waals surface area contributed by atoms with Crippen LogP contribution in [0.3, 0.4) is 0 Å². The zero-order valence-corrected chi connectivity index (χ0v) is 44.1. The monoisotopic (exact) mass is 1110 g/mol. The summed E-state index contributed by atoms with van der Waals surface area (Å²) < 4.78 is 16.2. The van der Waals surface area contributed by atoms with Crippen LogP contribution in [0.5, 0.6) is 0 Å². The van der Waals surface area contributed by atoms with Crippen molar-refractivity contribution in [2.45, 2.75) is 63.7 Å². The molecule has 6 aromatic rings. The fourth-order valence-corrected chi connectivity index (χ4v) is 7.28. The van der Waals surface area contributed by atoms with Gasteiger partial charge >= 0.3 is 17.9 Å². The number of aliphatic carboxylic acids is 3. The normalized spacial score (nSPS) is 11.7. The second kappa shape index (κ2) is 31.2. The van der Waals surface area contributed by atoms with Crippen molar-refractivity contribution in [3.63, 3.8) is 0 Å². The van der Waals surface area contributed by atoms with Crippen molar-refractivity contribution in [1.29, 1.82) is 0 Å². The summed E-state index contributed by atoms with van der Waals surface area (Å²) in [5.74, 6) is -4.87. The molecule has 2 aromatic carbocycles. The smallest absolute Gasteiger partial charge is 0.326 e. The largest absolute Gasteiger partial charge is 0.481 e. The number of rotatable bonds is 31. The van der Waals surface area contributed by atoms with Gasteiger partial charge in [-0.2, -0.15) is 19.9 Å². The summed E-state index contributed by atoms with van der Waals surface area (Å²) >= 11 is 0. The number of fused-ring (bicyclic) bond motifs is 2. The molecule has 4 heterocycles. The van der Waals surface area contributed by atoms with E-state index in [-0.39, 0.29) is 66.2 Å². The maximum absolute atomic E-state index is 12.8. The lowest BCUT2D eigenvalue weighted by Crippen LogP contribution is -2.41. The molecule has 6 rings (SSSR count). The van der Waals surface area contributed by atoms with E-state index in [9.17, 15) is 39.0 Å². The lowest BCUT2D eigenvalue weighted by atomic mass is 10.1. The van der Waals surface area contributed by atoms with Crippen molar-refractivity contribution in [2.75, 3.05) is 99.6 Å². The molecule has 0 aliphatic rings. The summed E-state index contributed by atoms with van der Waals surface area (Å²) in [5.41, 5.74) is 32.9. The van der Waals surface area contributed by atoms with Crippen LogP contribution in [0.15, 0.2) is 60.9 Å². The Bertz CT molecular complexity index is 3050. The maximum atomic E-state index is 12.8. The number of anilines is 6. The Morgan fingerprint density at radius 3 is 1.39 bits per heavy atom. The number of aromatic nitrogens is 8. The number of carboxylic acids is 3. The number of carboxylic acid groups (broad SMARTS) is 3. The molecular formula is C50H66N18O12. The number of carbonyl (C=O) groups excluding carboxylic acids is 3. The minimum atomic E-state index is -1.30. The zero-order chi connectivity index (χ0) is 58.1. The van der Waals surface area contributed by atoms with E-state index >= 15 is 0 Å². The van der Waals surface area contributed by atoms with Gasteiger partial charge in [0, 0.05) is 69.2 Å². The Hall–Kier alpha value is -9.26. The Kier molecular flexibility index (Phi) is 24.0. The van der Waals surface area contributed by atoms with Crippen LogP contribution in [0.25, 0.3) is 22.3 Å². The Morgan fingerprint density at radius 2 is 0.975 bits per heavy atom. The molecule has 0 aliphatic heterocycles. The molecule has 2 unspecified atom stereocenters. The number of nitrogen functional groups attached to an aromatic ring is 4. The van der Waals surface area contributed by atoms with Gasteiger partial charge in [-0.05, 0) is 80.8 Å². The van der Waals surface area contributed by atoms with Gasteiger partial charge in [0.2, 0.25) is 17.8 Å². The van der Waals surface area contributed by atoms with E-state index < -0.39 is 41.8 Å². The van der Waals surface area contributed by atoms with E-state index in [1.54, 1.807) is 48.8 Å². The van der Waals surface area contributed by atoms with Crippen molar-refractivity contribution in [3.8, 4) is 0 Å². The number of nitrogens with one attached hydrogen (secondary N) is 3. The van der Waals surface area contributed by atoms with E-state index in [4.69, 9.17) is 48.0 Å². The van der Waals surface area contributed by atoms with Gasteiger partial charge < -0.3 is 83.9 Å². The van der Waals surface area contributed by atoms with Crippen LogP contribution >= 0.6 is 0 Å². The molecule has 80 heavy (non-hydrogen) atoms. The SMILES string of the molecule is CN(Cc1cnc2nc(N)nc(N)c2n1)c1ccc(C(=O)NC(CCC(=O)NCCCOCCOCCOCCCN)C(=O)O)cc1.CN(Cc1cnc2nc(N)nc(N)c2n1)c1ccc(C(=O)NC(CCC(=O)O)C(=O)O)cc1. The van der Waals surface area contributed by atoms with Crippen LogP contribution in [0.4, 0.5) is 34.9 Å². The van der Waals surface area contributed by atoms with Crippen molar-refractivity contribution in [3.05, 3.63) is 83.4 Å². The van der Waals surface area contributed by atoms with Crippen molar-refractivity contribution < 1.29 is 58.3 Å². The molecule has 0 fully saturated rings. The van der Waals surface area contributed by atoms with Crippen molar-refractivity contribution in [1.82, 2.24) is 55.8 Å². The van der Waals surface area contributed by atoms with Crippen LogP contribution in [0, 0.1) is 0 Å². The molecular weight excluding hydrogens is 1040 g/mol. The van der Waals surface area contributed by atoms with Gasteiger partial charge in [0.1, 0.15) is 12.1 Å². The minimum Gasteiger partial charge on any atom is -0.481 e. The van der Waals surface area contributed by atoms with E-state index in [2.05, 4.69) is 55.8 Å². The van der Waals surface area contributed by atoms with Gasteiger partial charge in [-0.3, -0.25) is 19.2 Å². The minimum absolute atomic E-state index is 0.0138. The lowest BCUT2D eigenvalue weighted by Gasteiger charge is -2.19. The van der Waals surface area contributed by atoms with E-state index in [0.717, 1.165) is 17.8 Å². The molecule has 30 nitrogen and oxygen atoms in total. The third-order valence-corrected chi connectivity index (χ3v) is 11.5. The highest BCUT2D eigenvalue weighted by atomic mass is 16.5. The van der Waals surface area contributed by atoms with Crippen molar-refractivity contribution in [2.24, 2.45) is 5.73 Å². The number of nitrogens with zero attached hydrogens (tertiary/aromatic N) is 10. The summed E-state index contributed by atoms with van der Waals surface area (Å²) in [6, 6.07) is 10.5. The average Bonchev–Trinajstić information content (AvgIpc) is 3.42. The maximum Gasteiger partial charge on any atom is 0.326 e. The predicted molar refractivity (Wildman–Crippen MR) is 293 cm³/mol. The molecule has 16 N–H and O–H groups in total. The first kappa shape index (κ1) is 61.6. The number of hydrogen-bond donors (Lipinski definition) is 11. The molecule has 428 valence electrons. The first-order chi connectivity index (χ1) is 38.3. The lowest BCUT2D eigenvalue weighted by molar-refractivity contribution is -0.141. The molecule has 0 saturated carbocycles. The molecule has 30 heteroatoms. The van der Waals surface area contributed by atoms with Gasteiger partial charge in [0.15, 0.2) is 34.0 Å². The first-order valence-electron chi connectivity index (χ1n) is 25.0. The summed E-state index contributed by atoms with van der Waals surface area (Å²) in [5, 5.41) is 35.1. The summed E-state index contributed by atoms with van der Waals surface area (Å²) in [6.45, 7) is 4.66. The Labute approximate surface area is 458 Å². The summed E-state index contributed by atoms with van der Waals surface area (Å²) in [7, 11) is 3.65. The van der Waals surface area contributed by atoms with Gasteiger partial charge in [0.25, 0.3) is 11.8 Å². The topological polar surface area (TPSA) is 467 Å². The Morgan fingerprint density at radius 1 is 0.562 bits per heavy atom. The van der Waals surface area contributed by atoms with E-state index in [1.165, 1.54) is 12.1 Å². The van der Waals surface area contributed by atoms with Gasteiger partial charge in [-0.25, -0.2) is 29.5 Å². The quantitative estimate of drug-likeness (QED) is 0.0262. The second-order valence-electron chi connectivity index (χ2n) is 17.7.